The minimum absolute atomic E-state index is 0.0600. The number of rotatable bonds is 3. The molecule has 0 saturated heterocycles. The highest BCUT2D eigenvalue weighted by Gasteiger charge is 2.16. The van der Waals surface area contributed by atoms with E-state index >= 15 is 0 Å². The van der Waals surface area contributed by atoms with Crippen LogP contribution in [0, 0.1) is 5.82 Å². The Bertz CT molecular complexity index is 768. The Labute approximate surface area is 133 Å². The maximum absolute atomic E-state index is 13.4. The third kappa shape index (κ3) is 3.44. The van der Waals surface area contributed by atoms with Crippen LogP contribution in [0.15, 0.2) is 45.8 Å². The highest BCUT2D eigenvalue weighted by atomic mass is 79.9. The van der Waals surface area contributed by atoms with E-state index in [-0.39, 0.29) is 25.1 Å². The van der Waals surface area contributed by atoms with Gasteiger partial charge in [-0.25, -0.2) is 12.8 Å². The normalized spacial score (nSPS) is 11.4. The van der Waals surface area contributed by atoms with E-state index in [0.717, 1.165) is 6.07 Å². The van der Waals surface area contributed by atoms with Crippen LogP contribution in [0.3, 0.4) is 0 Å². The molecule has 0 atom stereocenters. The Morgan fingerprint density at radius 3 is 2.35 bits per heavy atom. The molecule has 0 aromatic heterocycles. The molecule has 0 spiro atoms. The van der Waals surface area contributed by atoms with Crippen molar-refractivity contribution in [2.75, 3.05) is 4.72 Å². The van der Waals surface area contributed by atoms with Gasteiger partial charge in [0.25, 0.3) is 10.0 Å². The fourth-order valence-corrected chi connectivity index (χ4v) is 3.10. The first-order chi connectivity index (χ1) is 9.29. The second-order valence-electron chi connectivity index (χ2n) is 3.81. The van der Waals surface area contributed by atoms with Crippen LogP contribution in [0.1, 0.15) is 0 Å². The molecule has 3 nitrogen and oxygen atoms in total. The average Bonchev–Trinajstić information content (AvgIpc) is 2.37. The second-order valence-corrected chi connectivity index (χ2v) is 7.16. The van der Waals surface area contributed by atoms with Crippen molar-refractivity contribution in [3.8, 4) is 0 Å². The molecule has 0 bridgehead atoms. The van der Waals surface area contributed by atoms with Gasteiger partial charge in [-0.3, -0.25) is 4.72 Å². The third-order valence-corrected chi connectivity index (χ3v) is 5.13. The van der Waals surface area contributed by atoms with Gasteiger partial charge < -0.3 is 0 Å². The molecule has 8 heteroatoms. The van der Waals surface area contributed by atoms with Gasteiger partial charge in [0.05, 0.1) is 25.1 Å². The van der Waals surface area contributed by atoms with Crippen molar-refractivity contribution < 1.29 is 12.8 Å². The SMILES string of the molecule is O=S(=O)(Nc1ccc(Br)c(F)c1)c1ccc(Cl)c(Cl)c1. The molecule has 1 N–H and O–H groups in total. The van der Waals surface area contributed by atoms with E-state index in [2.05, 4.69) is 20.7 Å². The molecule has 2 rings (SSSR count). The molecule has 0 heterocycles. The van der Waals surface area contributed by atoms with Crippen molar-refractivity contribution in [1.82, 2.24) is 0 Å². The Morgan fingerprint density at radius 2 is 1.75 bits per heavy atom. The maximum Gasteiger partial charge on any atom is 0.261 e. The van der Waals surface area contributed by atoms with Gasteiger partial charge in [0.15, 0.2) is 0 Å². The van der Waals surface area contributed by atoms with Crippen LogP contribution in [0.2, 0.25) is 10.0 Å². The summed E-state index contributed by atoms with van der Waals surface area (Å²) in [6.07, 6.45) is 0. The highest BCUT2D eigenvalue weighted by Crippen LogP contribution is 2.26. The molecule has 2 aromatic rings. The van der Waals surface area contributed by atoms with Crippen molar-refractivity contribution in [2.24, 2.45) is 0 Å². The van der Waals surface area contributed by atoms with Crippen molar-refractivity contribution in [1.29, 1.82) is 0 Å². The van der Waals surface area contributed by atoms with E-state index < -0.39 is 15.8 Å². The minimum atomic E-state index is -3.86. The number of sulfonamides is 1. The van der Waals surface area contributed by atoms with Crippen LogP contribution in [0.5, 0.6) is 0 Å². The standard InChI is InChI=1S/C12H7BrCl2FNO2S/c13-9-3-1-7(5-12(9)16)17-20(18,19)8-2-4-10(14)11(15)6-8/h1-6,17H. The lowest BCUT2D eigenvalue weighted by molar-refractivity contribution is 0.601. The van der Waals surface area contributed by atoms with Crippen molar-refractivity contribution in [2.45, 2.75) is 4.90 Å². The maximum atomic E-state index is 13.4. The fourth-order valence-electron chi connectivity index (χ4n) is 1.42. The average molecular weight is 399 g/mol. The number of hydrogen-bond donors (Lipinski definition) is 1. The van der Waals surface area contributed by atoms with Crippen LogP contribution in [-0.4, -0.2) is 8.42 Å². The van der Waals surface area contributed by atoms with Gasteiger partial charge in [-0.1, -0.05) is 23.2 Å². The fraction of sp³-hybridized carbons (Fsp3) is 0. The molecule has 20 heavy (non-hydrogen) atoms. The van der Waals surface area contributed by atoms with Crippen molar-refractivity contribution in [3.05, 3.63) is 56.7 Å². The molecular weight excluding hydrogens is 392 g/mol. The topological polar surface area (TPSA) is 46.2 Å². The Hall–Kier alpha value is -0.820. The highest BCUT2D eigenvalue weighted by molar-refractivity contribution is 9.10. The summed E-state index contributed by atoms with van der Waals surface area (Å²) in [6.45, 7) is 0. The number of hydrogen-bond acceptors (Lipinski definition) is 2. The molecule has 0 unspecified atom stereocenters. The molecule has 0 aliphatic heterocycles. The van der Waals surface area contributed by atoms with Crippen LogP contribution < -0.4 is 4.72 Å². The molecule has 0 radical (unpaired) electrons. The van der Waals surface area contributed by atoms with Gasteiger partial charge in [0.1, 0.15) is 5.82 Å². The summed E-state index contributed by atoms with van der Waals surface area (Å²) in [5, 5.41) is 0.372. The Morgan fingerprint density at radius 1 is 1.05 bits per heavy atom. The molecular formula is C12H7BrCl2FNO2S. The summed E-state index contributed by atoms with van der Waals surface area (Å²) in [4.78, 5) is -0.0600. The predicted octanol–water partition coefficient (Wildman–Crippen LogP) is 4.70. The molecule has 2 aromatic carbocycles. The van der Waals surface area contributed by atoms with Gasteiger partial charge in [-0.2, -0.15) is 0 Å². The first-order valence-electron chi connectivity index (χ1n) is 5.22. The number of halogens is 4. The van der Waals surface area contributed by atoms with Crippen molar-refractivity contribution >= 4 is 54.8 Å². The van der Waals surface area contributed by atoms with Crippen molar-refractivity contribution in [3.63, 3.8) is 0 Å². The quantitative estimate of drug-likeness (QED) is 0.814. The number of nitrogens with one attached hydrogen (secondary N) is 1. The summed E-state index contributed by atoms with van der Waals surface area (Å²) >= 11 is 14.5. The molecule has 106 valence electrons. The summed E-state index contributed by atoms with van der Waals surface area (Å²) < 4.78 is 40.1. The lowest BCUT2D eigenvalue weighted by Crippen LogP contribution is -2.13. The van der Waals surface area contributed by atoms with Gasteiger partial charge in [0, 0.05) is 0 Å². The smallest absolute Gasteiger partial charge is 0.261 e. The predicted molar refractivity (Wildman–Crippen MR) is 81.4 cm³/mol. The first kappa shape index (κ1) is 15.6. The summed E-state index contributed by atoms with van der Waals surface area (Å²) in [6, 6.07) is 7.82. The van der Waals surface area contributed by atoms with E-state index in [4.69, 9.17) is 23.2 Å². The van der Waals surface area contributed by atoms with Crippen LogP contribution in [-0.2, 0) is 10.0 Å². The zero-order valence-corrected chi connectivity index (χ0v) is 13.6. The zero-order valence-electron chi connectivity index (χ0n) is 9.70. The van der Waals surface area contributed by atoms with E-state index in [0.29, 0.717) is 0 Å². The lowest BCUT2D eigenvalue weighted by Gasteiger charge is -2.09. The van der Waals surface area contributed by atoms with Gasteiger partial charge in [0.2, 0.25) is 0 Å². The van der Waals surface area contributed by atoms with Gasteiger partial charge in [-0.15, -0.1) is 0 Å². The summed E-state index contributed by atoms with van der Waals surface area (Å²) in [7, 11) is -3.86. The van der Waals surface area contributed by atoms with Gasteiger partial charge in [-0.05, 0) is 52.3 Å². The van der Waals surface area contributed by atoms with Crippen LogP contribution >= 0.6 is 39.1 Å². The molecule has 0 fully saturated rings. The van der Waals surface area contributed by atoms with E-state index in [1.165, 1.54) is 30.3 Å². The summed E-state index contributed by atoms with van der Waals surface area (Å²) in [5.41, 5.74) is 0.108. The molecule has 0 amide bonds. The molecule has 0 saturated carbocycles. The second kappa shape index (κ2) is 5.89. The summed E-state index contributed by atoms with van der Waals surface area (Å²) in [5.74, 6) is -0.570. The third-order valence-electron chi connectivity index (χ3n) is 2.37. The largest absolute Gasteiger partial charge is 0.280 e. The van der Waals surface area contributed by atoms with Crippen LogP contribution in [0.4, 0.5) is 10.1 Å². The minimum Gasteiger partial charge on any atom is -0.280 e. The lowest BCUT2D eigenvalue weighted by atomic mass is 10.3. The first-order valence-corrected chi connectivity index (χ1v) is 8.26. The van der Waals surface area contributed by atoms with Crippen LogP contribution in [0.25, 0.3) is 0 Å². The molecule has 0 aliphatic rings. The van der Waals surface area contributed by atoms with E-state index in [1.54, 1.807) is 0 Å². The Balaban J connectivity index is 2.35. The number of benzene rings is 2. The Kier molecular flexibility index (Phi) is 4.59. The van der Waals surface area contributed by atoms with Gasteiger partial charge >= 0.3 is 0 Å². The molecule has 0 aliphatic carbocycles. The van der Waals surface area contributed by atoms with E-state index in [1.807, 2.05) is 0 Å². The zero-order chi connectivity index (χ0) is 14.9. The number of anilines is 1. The monoisotopic (exact) mass is 397 g/mol. The van der Waals surface area contributed by atoms with E-state index in [9.17, 15) is 12.8 Å².